The summed E-state index contributed by atoms with van der Waals surface area (Å²) >= 11 is 0. The molecule has 7 nitrogen and oxygen atoms in total. The number of methoxy groups -OCH3 is 2. The third kappa shape index (κ3) is 3.14. The number of hydrogen-bond acceptors (Lipinski definition) is 6. The van der Waals surface area contributed by atoms with Crippen molar-refractivity contribution in [3.63, 3.8) is 0 Å². The van der Waals surface area contributed by atoms with Crippen molar-refractivity contribution in [2.75, 3.05) is 19.5 Å². The van der Waals surface area contributed by atoms with Gasteiger partial charge < -0.3 is 19.2 Å². The predicted molar refractivity (Wildman–Crippen MR) is 108 cm³/mol. The van der Waals surface area contributed by atoms with Crippen molar-refractivity contribution < 1.29 is 18.7 Å². The second-order valence-corrected chi connectivity index (χ2v) is 5.97. The molecule has 0 saturated carbocycles. The van der Waals surface area contributed by atoms with Crippen molar-refractivity contribution in [1.82, 2.24) is 4.98 Å². The van der Waals surface area contributed by atoms with E-state index in [1.54, 1.807) is 49.8 Å². The van der Waals surface area contributed by atoms with Crippen LogP contribution in [0.4, 0.5) is 11.4 Å². The monoisotopic (exact) mass is 375 g/mol. The summed E-state index contributed by atoms with van der Waals surface area (Å²) in [5.41, 5.74) is 2.88. The van der Waals surface area contributed by atoms with E-state index in [0.717, 1.165) is 5.39 Å². The van der Waals surface area contributed by atoms with Crippen molar-refractivity contribution in [3.05, 3.63) is 60.4 Å². The van der Waals surface area contributed by atoms with Crippen LogP contribution in [0.2, 0.25) is 0 Å². The van der Waals surface area contributed by atoms with Gasteiger partial charge in [0.25, 0.3) is 5.91 Å². The number of aromatic nitrogens is 1. The number of nitrogens with zero attached hydrogens (tertiary/aromatic N) is 2. The fourth-order valence-corrected chi connectivity index (χ4v) is 3.02. The van der Waals surface area contributed by atoms with Gasteiger partial charge in [0.2, 0.25) is 0 Å². The maximum absolute atomic E-state index is 13.0. The van der Waals surface area contributed by atoms with Gasteiger partial charge in [0.1, 0.15) is 5.58 Å². The van der Waals surface area contributed by atoms with Gasteiger partial charge >= 0.3 is 0 Å². The molecule has 28 heavy (non-hydrogen) atoms. The molecule has 0 saturated heterocycles. The molecule has 0 aliphatic rings. The number of carbonyl (C=O) groups excluding carboxylic acids is 1. The normalized spacial score (nSPS) is 11.2. The highest BCUT2D eigenvalue weighted by molar-refractivity contribution is 6.20. The zero-order valence-electron chi connectivity index (χ0n) is 15.3. The lowest BCUT2D eigenvalue weighted by molar-refractivity contribution is 0.102. The Labute approximate surface area is 160 Å². The number of carbonyl (C=O) groups is 1. The minimum absolute atomic E-state index is 0.269. The van der Waals surface area contributed by atoms with Gasteiger partial charge in [-0.15, -0.1) is 0 Å². The Kier molecular flexibility index (Phi) is 4.63. The van der Waals surface area contributed by atoms with E-state index in [-0.39, 0.29) is 5.91 Å². The molecule has 0 aliphatic carbocycles. The number of furan rings is 1. The third-order valence-electron chi connectivity index (χ3n) is 4.26. The number of rotatable bonds is 5. The molecule has 0 fully saturated rings. The summed E-state index contributed by atoms with van der Waals surface area (Å²) in [4.78, 5) is 21.2. The molecule has 140 valence electrons. The summed E-state index contributed by atoms with van der Waals surface area (Å²) in [5, 5.41) is 4.28. The Bertz CT molecular complexity index is 1180. The largest absolute Gasteiger partial charge is 0.493 e. The first-order chi connectivity index (χ1) is 13.7. The van der Waals surface area contributed by atoms with Crippen LogP contribution in [-0.2, 0) is 4.74 Å². The van der Waals surface area contributed by atoms with Gasteiger partial charge in [0.05, 0.1) is 37.4 Å². The third-order valence-corrected chi connectivity index (χ3v) is 4.26. The molecule has 4 rings (SSSR count). The van der Waals surface area contributed by atoms with Gasteiger partial charge in [-0.2, -0.15) is 0 Å². The number of benzene rings is 2. The fourth-order valence-electron chi connectivity index (χ4n) is 3.02. The van der Waals surface area contributed by atoms with Gasteiger partial charge in [-0.3, -0.25) is 9.78 Å². The molecular weight excluding hydrogens is 358 g/mol. The average molecular weight is 375 g/mol. The molecule has 0 spiro atoms. The first-order valence-corrected chi connectivity index (χ1v) is 8.51. The molecule has 7 heteroatoms. The Balaban J connectivity index is 1.90. The van der Waals surface area contributed by atoms with E-state index in [1.807, 2.05) is 12.1 Å². The number of hydrogen-bond donors (Lipinski definition) is 1. The van der Waals surface area contributed by atoms with Crippen molar-refractivity contribution >= 4 is 45.6 Å². The van der Waals surface area contributed by atoms with Crippen LogP contribution in [-0.4, -0.2) is 31.5 Å². The second-order valence-electron chi connectivity index (χ2n) is 5.97. The molecule has 1 N–H and O–H groups in total. The lowest BCUT2D eigenvalue weighted by Gasteiger charge is -2.08. The smallest absolute Gasteiger partial charge is 0.256 e. The first kappa shape index (κ1) is 17.5. The molecule has 0 atom stereocenters. The van der Waals surface area contributed by atoms with Crippen LogP contribution < -0.4 is 10.1 Å². The van der Waals surface area contributed by atoms with Gasteiger partial charge in [0, 0.05) is 17.0 Å². The van der Waals surface area contributed by atoms with Crippen LogP contribution in [0.5, 0.6) is 5.75 Å². The van der Waals surface area contributed by atoms with Crippen molar-refractivity contribution in [2.45, 2.75) is 0 Å². The summed E-state index contributed by atoms with van der Waals surface area (Å²) in [5.74, 6) is 0.278. The van der Waals surface area contributed by atoms with E-state index in [4.69, 9.17) is 13.9 Å². The van der Waals surface area contributed by atoms with E-state index < -0.39 is 0 Å². The van der Waals surface area contributed by atoms with Gasteiger partial charge in [-0.05, 0) is 42.5 Å². The molecule has 4 aromatic rings. The molecule has 1 amide bonds. The van der Waals surface area contributed by atoms with E-state index in [0.29, 0.717) is 39.2 Å². The maximum Gasteiger partial charge on any atom is 0.256 e. The molecule has 0 unspecified atom stereocenters. The molecule has 2 heterocycles. The van der Waals surface area contributed by atoms with Crippen LogP contribution in [0.3, 0.4) is 0 Å². The van der Waals surface area contributed by atoms with Crippen LogP contribution in [0, 0.1) is 0 Å². The number of nitrogens with one attached hydrogen (secondary N) is 1. The lowest BCUT2D eigenvalue weighted by Crippen LogP contribution is -2.12. The summed E-state index contributed by atoms with van der Waals surface area (Å²) in [6, 6.07) is 12.4. The Morgan fingerprint density at radius 2 is 2.11 bits per heavy atom. The Hall–Kier alpha value is -3.87. The molecule has 2 aromatic heterocycles. The van der Waals surface area contributed by atoms with E-state index in [2.05, 4.69) is 15.3 Å². The first-order valence-electron chi connectivity index (χ1n) is 8.51. The molecule has 2 aromatic carbocycles. The van der Waals surface area contributed by atoms with Crippen molar-refractivity contribution in [3.8, 4) is 5.75 Å². The summed E-state index contributed by atoms with van der Waals surface area (Å²) in [6.07, 6.45) is 4.58. The van der Waals surface area contributed by atoms with Gasteiger partial charge in [0.15, 0.2) is 17.7 Å². The number of pyridine rings is 1. The van der Waals surface area contributed by atoms with Gasteiger partial charge in [-0.1, -0.05) is 0 Å². The topological polar surface area (TPSA) is 86.0 Å². The van der Waals surface area contributed by atoms with E-state index in [9.17, 15) is 4.79 Å². The molecular formula is C21H17N3O4. The lowest BCUT2D eigenvalue weighted by atomic mass is 10.0. The zero-order chi connectivity index (χ0) is 19.5. The molecule has 0 radical (unpaired) electrons. The average Bonchev–Trinajstić information content (AvgIpc) is 3.11. The standard InChI is InChI=1S/C21H17N3O4/c1-26-12-23-13-5-7-17-16(10-13)19-15(6-8-18(27-2)20(19)28-17)21(25)24-14-4-3-9-22-11-14/h3-12H,1-2H3,(H,24,25)/b23-12+. The van der Waals surface area contributed by atoms with Crippen LogP contribution in [0.25, 0.3) is 21.9 Å². The number of aliphatic imine (C=N–C) groups is 1. The second kappa shape index (κ2) is 7.40. The van der Waals surface area contributed by atoms with Crippen LogP contribution >= 0.6 is 0 Å². The van der Waals surface area contributed by atoms with E-state index >= 15 is 0 Å². The minimum atomic E-state index is -0.269. The quantitative estimate of drug-likeness (QED) is 0.409. The Morgan fingerprint density at radius 1 is 1.21 bits per heavy atom. The predicted octanol–water partition coefficient (Wildman–Crippen LogP) is 4.55. The number of amides is 1. The Morgan fingerprint density at radius 3 is 2.86 bits per heavy atom. The number of fused-ring (bicyclic) bond motifs is 3. The maximum atomic E-state index is 13.0. The zero-order valence-corrected chi connectivity index (χ0v) is 15.3. The van der Waals surface area contributed by atoms with Gasteiger partial charge in [-0.25, -0.2) is 4.99 Å². The highest BCUT2D eigenvalue weighted by atomic mass is 16.5. The molecule has 0 aliphatic heterocycles. The fraction of sp³-hybridized carbons (Fsp3) is 0.0952. The van der Waals surface area contributed by atoms with Crippen LogP contribution in [0.15, 0.2) is 64.3 Å². The number of anilines is 1. The summed E-state index contributed by atoms with van der Waals surface area (Å²) < 4.78 is 16.3. The van der Waals surface area contributed by atoms with Crippen LogP contribution in [0.1, 0.15) is 10.4 Å². The van der Waals surface area contributed by atoms with Crippen molar-refractivity contribution in [2.24, 2.45) is 4.99 Å². The summed E-state index contributed by atoms with van der Waals surface area (Å²) in [7, 11) is 3.09. The minimum Gasteiger partial charge on any atom is -0.493 e. The molecule has 0 bridgehead atoms. The SMILES string of the molecule is CO/C=N/c1ccc2oc3c(OC)ccc(C(=O)Nc4cccnc4)c3c2c1. The number of ether oxygens (including phenoxy) is 2. The highest BCUT2D eigenvalue weighted by Crippen LogP contribution is 2.38. The highest BCUT2D eigenvalue weighted by Gasteiger charge is 2.20. The summed E-state index contributed by atoms with van der Waals surface area (Å²) in [6.45, 7) is 0. The van der Waals surface area contributed by atoms with Crippen molar-refractivity contribution in [1.29, 1.82) is 0 Å². The van der Waals surface area contributed by atoms with E-state index in [1.165, 1.54) is 13.5 Å².